The lowest BCUT2D eigenvalue weighted by Gasteiger charge is -2.32. The van der Waals surface area contributed by atoms with E-state index in [1.165, 1.54) is 0 Å². The summed E-state index contributed by atoms with van der Waals surface area (Å²) >= 11 is 0. The maximum atomic E-state index is 12.6. The van der Waals surface area contributed by atoms with Gasteiger partial charge in [-0.2, -0.15) is 0 Å². The van der Waals surface area contributed by atoms with E-state index >= 15 is 0 Å². The predicted octanol–water partition coefficient (Wildman–Crippen LogP) is 2.93. The van der Waals surface area contributed by atoms with E-state index in [9.17, 15) is 9.59 Å². The van der Waals surface area contributed by atoms with Crippen LogP contribution in [0.3, 0.4) is 0 Å². The smallest absolute Gasteiger partial charge is 0.253 e. The van der Waals surface area contributed by atoms with Crippen LogP contribution in [-0.4, -0.2) is 36.3 Å². The molecule has 0 radical (unpaired) electrons. The van der Waals surface area contributed by atoms with Crippen molar-refractivity contribution in [1.82, 2.24) is 10.2 Å². The third-order valence-electron chi connectivity index (χ3n) is 4.22. The van der Waals surface area contributed by atoms with Crippen LogP contribution in [0.25, 0.3) is 0 Å². The zero-order valence-corrected chi connectivity index (χ0v) is 14.0. The Morgan fingerprint density at radius 3 is 2.74 bits per heavy atom. The number of amides is 2. The molecule has 1 N–H and O–H groups in total. The van der Waals surface area contributed by atoms with Crippen molar-refractivity contribution in [2.45, 2.75) is 33.1 Å². The Labute approximate surface area is 138 Å². The summed E-state index contributed by atoms with van der Waals surface area (Å²) in [5.41, 5.74) is 1.84. The molecule has 1 saturated heterocycles. The maximum Gasteiger partial charge on any atom is 0.253 e. The van der Waals surface area contributed by atoms with Crippen LogP contribution >= 0.6 is 0 Å². The Morgan fingerprint density at radius 2 is 2.04 bits per heavy atom. The third-order valence-corrected chi connectivity index (χ3v) is 4.22. The van der Waals surface area contributed by atoms with Gasteiger partial charge >= 0.3 is 0 Å². The molecular formula is C19H26N2O2. The zero-order chi connectivity index (χ0) is 16.7. The summed E-state index contributed by atoms with van der Waals surface area (Å²) in [5, 5.41) is 2.97. The lowest BCUT2D eigenvalue weighted by atomic mass is 9.96. The Kier molecular flexibility index (Phi) is 6.39. The van der Waals surface area contributed by atoms with Crippen molar-refractivity contribution in [3.05, 3.63) is 47.5 Å². The van der Waals surface area contributed by atoms with E-state index in [0.717, 1.165) is 31.4 Å². The number of hydrogen-bond donors (Lipinski definition) is 1. The Hall–Kier alpha value is -2.10. The van der Waals surface area contributed by atoms with Crippen molar-refractivity contribution in [1.29, 1.82) is 0 Å². The van der Waals surface area contributed by atoms with E-state index in [2.05, 4.69) is 5.32 Å². The molecule has 124 valence electrons. The number of aryl methyl sites for hydroxylation is 1. The minimum Gasteiger partial charge on any atom is -0.355 e. The highest BCUT2D eigenvalue weighted by atomic mass is 16.2. The molecule has 0 saturated carbocycles. The van der Waals surface area contributed by atoms with E-state index in [1.54, 1.807) is 0 Å². The Morgan fingerprint density at radius 1 is 1.30 bits per heavy atom. The SMILES string of the molecule is C/C=C\CCNC(=O)[C@@H]1CCCN(C(=O)c2ccc(C)cc2)C1. The summed E-state index contributed by atoms with van der Waals surface area (Å²) in [6, 6.07) is 7.61. The molecule has 1 atom stereocenters. The summed E-state index contributed by atoms with van der Waals surface area (Å²) in [7, 11) is 0. The van der Waals surface area contributed by atoms with Crippen molar-refractivity contribution in [3.63, 3.8) is 0 Å². The topological polar surface area (TPSA) is 49.4 Å². The van der Waals surface area contributed by atoms with Crippen molar-refractivity contribution in [2.24, 2.45) is 5.92 Å². The summed E-state index contributed by atoms with van der Waals surface area (Å²) in [4.78, 5) is 26.6. The molecule has 1 heterocycles. The van der Waals surface area contributed by atoms with Gasteiger partial charge in [0, 0.05) is 25.2 Å². The van der Waals surface area contributed by atoms with E-state index in [4.69, 9.17) is 0 Å². The second-order valence-corrected chi connectivity index (χ2v) is 6.11. The van der Waals surface area contributed by atoms with Gasteiger partial charge in [-0.05, 0) is 45.2 Å². The Balaban J connectivity index is 1.90. The average molecular weight is 314 g/mol. The summed E-state index contributed by atoms with van der Waals surface area (Å²) in [5.74, 6) is -0.00363. The quantitative estimate of drug-likeness (QED) is 0.671. The largest absolute Gasteiger partial charge is 0.355 e. The van der Waals surface area contributed by atoms with Gasteiger partial charge in [0.1, 0.15) is 0 Å². The van der Waals surface area contributed by atoms with Gasteiger partial charge in [-0.15, -0.1) is 0 Å². The van der Waals surface area contributed by atoms with E-state index in [0.29, 0.717) is 18.7 Å². The number of rotatable bonds is 5. The molecule has 1 aliphatic heterocycles. The highest BCUT2D eigenvalue weighted by Gasteiger charge is 2.28. The second-order valence-electron chi connectivity index (χ2n) is 6.11. The molecule has 0 aliphatic carbocycles. The van der Waals surface area contributed by atoms with Crippen LogP contribution in [0.2, 0.25) is 0 Å². The first-order chi connectivity index (χ1) is 11.1. The molecule has 0 spiro atoms. The fourth-order valence-electron chi connectivity index (χ4n) is 2.84. The lowest BCUT2D eigenvalue weighted by Crippen LogP contribution is -2.45. The standard InChI is InChI=1S/C19H26N2O2/c1-3-4-5-12-20-18(22)17-7-6-13-21(14-17)19(23)16-10-8-15(2)9-11-16/h3-4,8-11,17H,5-7,12-14H2,1-2H3,(H,20,22)/b4-3-/t17-/m1/s1. The Bertz CT molecular complexity index is 563. The van der Waals surface area contributed by atoms with Crippen LogP contribution in [0.15, 0.2) is 36.4 Å². The number of nitrogens with one attached hydrogen (secondary N) is 1. The van der Waals surface area contributed by atoms with Crippen LogP contribution in [0, 0.1) is 12.8 Å². The van der Waals surface area contributed by atoms with Gasteiger partial charge in [-0.25, -0.2) is 0 Å². The molecule has 1 aliphatic rings. The molecule has 1 aromatic rings. The number of carbonyl (C=O) groups is 2. The fourth-order valence-corrected chi connectivity index (χ4v) is 2.84. The van der Waals surface area contributed by atoms with Crippen LogP contribution in [0.5, 0.6) is 0 Å². The van der Waals surface area contributed by atoms with Crippen LogP contribution in [0.4, 0.5) is 0 Å². The van der Waals surface area contributed by atoms with Crippen LogP contribution in [0.1, 0.15) is 42.1 Å². The molecule has 4 nitrogen and oxygen atoms in total. The monoisotopic (exact) mass is 314 g/mol. The zero-order valence-electron chi connectivity index (χ0n) is 14.0. The molecule has 0 aromatic heterocycles. The number of nitrogens with zero attached hydrogens (tertiary/aromatic N) is 1. The molecule has 2 rings (SSSR count). The van der Waals surface area contributed by atoms with Gasteiger partial charge in [-0.3, -0.25) is 9.59 Å². The third kappa shape index (κ3) is 4.95. The van der Waals surface area contributed by atoms with Gasteiger partial charge in [0.15, 0.2) is 0 Å². The van der Waals surface area contributed by atoms with Crippen molar-refractivity contribution in [2.75, 3.05) is 19.6 Å². The van der Waals surface area contributed by atoms with Gasteiger partial charge in [0.2, 0.25) is 5.91 Å². The molecule has 4 heteroatoms. The van der Waals surface area contributed by atoms with Crippen LogP contribution in [-0.2, 0) is 4.79 Å². The van der Waals surface area contributed by atoms with Crippen molar-refractivity contribution in [3.8, 4) is 0 Å². The fraction of sp³-hybridized carbons (Fsp3) is 0.474. The molecule has 23 heavy (non-hydrogen) atoms. The van der Waals surface area contributed by atoms with E-state index < -0.39 is 0 Å². The van der Waals surface area contributed by atoms with Crippen molar-refractivity contribution < 1.29 is 9.59 Å². The number of hydrogen-bond acceptors (Lipinski definition) is 2. The van der Waals surface area contributed by atoms with E-state index in [-0.39, 0.29) is 17.7 Å². The highest BCUT2D eigenvalue weighted by Crippen LogP contribution is 2.19. The number of piperidine rings is 1. The predicted molar refractivity (Wildman–Crippen MR) is 92.2 cm³/mol. The summed E-state index contributed by atoms with van der Waals surface area (Å²) in [6.45, 7) is 5.88. The van der Waals surface area contributed by atoms with Crippen LogP contribution < -0.4 is 5.32 Å². The maximum absolute atomic E-state index is 12.6. The number of carbonyl (C=O) groups excluding carboxylic acids is 2. The first kappa shape index (κ1) is 17.3. The normalized spacial score (nSPS) is 18.2. The van der Waals surface area contributed by atoms with Gasteiger partial charge in [0.25, 0.3) is 5.91 Å². The molecule has 1 aromatic carbocycles. The first-order valence-corrected chi connectivity index (χ1v) is 8.36. The van der Waals surface area contributed by atoms with Gasteiger partial charge in [0.05, 0.1) is 5.92 Å². The first-order valence-electron chi connectivity index (χ1n) is 8.36. The number of allylic oxidation sites excluding steroid dienone is 1. The van der Waals surface area contributed by atoms with Gasteiger partial charge < -0.3 is 10.2 Å². The van der Waals surface area contributed by atoms with Crippen molar-refractivity contribution >= 4 is 11.8 Å². The summed E-state index contributed by atoms with van der Waals surface area (Å²) in [6.07, 6.45) is 6.60. The molecule has 1 fully saturated rings. The second kappa shape index (κ2) is 8.51. The van der Waals surface area contributed by atoms with E-state index in [1.807, 2.05) is 55.2 Å². The molecule has 2 amide bonds. The van der Waals surface area contributed by atoms with Gasteiger partial charge in [-0.1, -0.05) is 29.8 Å². The number of benzene rings is 1. The molecular weight excluding hydrogens is 288 g/mol. The average Bonchev–Trinajstić information content (AvgIpc) is 2.59. The lowest BCUT2D eigenvalue weighted by molar-refractivity contribution is -0.126. The highest BCUT2D eigenvalue weighted by molar-refractivity contribution is 5.94. The molecule has 0 bridgehead atoms. The molecule has 0 unspecified atom stereocenters. The summed E-state index contributed by atoms with van der Waals surface area (Å²) < 4.78 is 0. The minimum absolute atomic E-state index is 0.0245. The number of likely N-dealkylation sites (tertiary alicyclic amines) is 1. The minimum atomic E-state index is -0.0937.